The highest BCUT2D eigenvalue weighted by atomic mass is 32.2. The quantitative estimate of drug-likeness (QED) is 0.909. The first kappa shape index (κ1) is 14.1. The SMILES string of the molecule is CCNC(Cc1ccccn1)c1cc2c(s1)CCSC2. The summed E-state index contributed by atoms with van der Waals surface area (Å²) < 4.78 is 0. The van der Waals surface area contributed by atoms with Gasteiger partial charge in [0.15, 0.2) is 0 Å². The fraction of sp³-hybridized carbons (Fsp3) is 0.438. The van der Waals surface area contributed by atoms with Gasteiger partial charge in [-0.1, -0.05) is 13.0 Å². The summed E-state index contributed by atoms with van der Waals surface area (Å²) in [5.74, 6) is 2.47. The van der Waals surface area contributed by atoms with Crippen LogP contribution < -0.4 is 5.32 Å². The second kappa shape index (κ2) is 6.74. The van der Waals surface area contributed by atoms with Crippen LogP contribution in [0.3, 0.4) is 0 Å². The van der Waals surface area contributed by atoms with E-state index in [9.17, 15) is 0 Å². The largest absolute Gasteiger partial charge is 0.309 e. The first-order valence-electron chi connectivity index (χ1n) is 7.19. The van der Waals surface area contributed by atoms with E-state index in [0.717, 1.165) is 13.0 Å². The summed E-state index contributed by atoms with van der Waals surface area (Å²) in [4.78, 5) is 7.55. The third kappa shape index (κ3) is 3.25. The Hall–Kier alpha value is -0.840. The van der Waals surface area contributed by atoms with E-state index in [0.29, 0.717) is 6.04 Å². The molecule has 0 saturated heterocycles. The number of nitrogens with zero attached hydrogens (tertiary/aromatic N) is 1. The van der Waals surface area contributed by atoms with Crippen molar-refractivity contribution in [2.45, 2.75) is 31.6 Å². The van der Waals surface area contributed by atoms with Gasteiger partial charge in [-0.05, 0) is 42.5 Å². The zero-order valence-electron chi connectivity index (χ0n) is 11.8. The molecule has 4 heteroatoms. The second-order valence-electron chi connectivity index (χ2n) is 5.04. The average molecular weight is 304 g/mol. The van der Waals surface area contributed by atoms with Crippen molar-refractivity contribution in [3.63, 3.8) is 0 Å². The van der Waals surface area contributed by atoms with E-state index in [-0.39, 0.29) is 0 Å². The number of rotatable bonds is 5. The van der Waals surface area contributed by atoms with E-state index in [4.69, 9.17) is 0 Å². The first-order valence-corrected chi connectivity index (χ1v) is 9.16. The molecule has 1 aliphatic rings. The van der Waals surface area contributed by atoms with Crippen LogP contribution >= 0.6 is 23.1 Å². The van der Waals surface area contributed by atoms with Crippen LogP contribution in [-0.2, 0) is 18.6 Å². The fourth-order valence-electron chi connectivity index (χ4n) is 2.59. The number of aromatic nitrogens is 1. The minimum atomic E-state index is 0.399. The Balaban J connectivity index is 1.81. The van der Waals surface area contributed by atoms with Crippen LogP contribution in [0.25, 0.3) is 0 Å². The van der Waals surface area contributed by atoms with Crippen LogP contribution in [0.2, 0.25) is 0 Å². The lowest BCUT2D eigenvalue weighted by Crippen LogP contribution is -2.22. The van der Waals surface area contributed by atoms with E-state index in [2.05, 4.69) is 47.2 Å². The summed E-state index contributed by atoms with van der Waals surface area (Å²) in [6.45, 7) is 3.17. The molecule has 106 valence electrons. The van der Waals surface area contributed by atoms with Crippen LogP contribution in [0.15, 0.2) is 30.5 Å². The summed E-state index contributed by atoms with van der Waals surface area (Å²) in [5.41, 5.74) is 2.73. The number of likely N-dealkylation sites (N-methyl/N-ethyl adjacent to an activating group) is 1. The Kier molecular flexibility index (Phi) is 4.76. The molecule has 0 aromatic carbocycles. The molecular formula is C16H20N2S2. The average Bonchev–Trinajstić information content (AvgIpc) is 2.92. The maximum absolute atomic E-state index is 4.47. The summed E-state index contributed by atoms with van der Waals surface area (Å²) in [6.07, 6.45) is 4.10. The molecule has 0 fully saturated rings. The van der Waals surface area contributed by atoms with Gasteiger partial charge >= 0.3 is 0 Å². The topological polar surface area (TPSA) is 24.9 Å². The molecule has 0 bridgehead atoms. The highest BCUT2D eigenvalue weighted by Gasteiger charge is 2.19. The summed E-state index contributed by atoms with van der Waals surface area (Å²) in [5, 5.41) is 3.62. The standard InChI is InChI=1S/C16H20N2S2/c1-2-17-14(10-13-5-3-4-7-18-13)16-9-12-11-19-8-6-15(12)20-16/h3-5,7,9,14,17H,2,6,8,10-11H2,1H3. The Morgan fingerprint density at radius 3 is 3.10 bits per heavy atom. The minimum Gasteiger partial charge on any atom is -0.309 e. The van der Waals surface area contributed by atoms with Crippen molar-refractivity contribution >= 4 is 23.1 Å². The van der Waals surface area contributed by atoms with Gasteiger partial charge in [-0.15, -0.1) is 11.3 Å². The molecular weight excluding hydrogens is 284 g/mol. The molecule has 1 N–H and O–H groups in total. The van der Waals surface area contributed by atoms with Crippen molar-refractivity contribution in [2.75, 3.05) is 12.3 Å². The summed E-state index contributed by atoms with van der Waals surface area (Å²) in [7, 11) is 0. The van der Waals surface area contributed by atoms with Crippen molar-refractivity contribution in [1.82, 2.24) is 10.3 Å². The molecule has 2 nitrogen and oxygen atoms in total. The summed E-state index contributed by atoms with van der Waals surface area (Å²) >= 11 is 4.05. The van der Waals surface area contributed by atoms with Gasteiger partial charge in [-0.25, -0.2) is 0 Å². The third-order valence-corrected chi connectivity index (χ3v) is 5.94. The highest BCUT2D eigenvalue weighted by molar-refractivity contribution is 7.98. The van der Waals surface area contributed by atoms with Gasteiger partial charge in [0.25, 0.3) is 0 Å². The molecule has 2 aromatic heterocycles. The Morgan fingerprint density at radius 2 is 2.35 bits per heavy atom. The van der Waals surface area contributed by atoms with E-state index < -0.39 is 0 Å². The van der Waals surface area contributed by atoms with Crippen LogP contribution in [0.4, 0.5) is 0 Å². The maximum atomic E-state index is 4.47. The number of fused-ring (bicyclic) bond motifs is 1. The zero-order valence-corrected chi connectivity index (χ0v) is 13.4. The lowest BCUT2D eigenvalue weighted by Gasteiger charge is -2.15. The predicted molar refractivity (Wildman–Crippen MR) is 88.5 cm³/mol. The molecule has 3 rings (SSSR count). The van der Waals surface area contributed by atoms with E-state index in [1.165, 1.54) is 28.5 Å². The third-order valence-electron chi connectivity index (χ3n) is 3.58. The van der Waals surface area contributed by atoms with Gasteiger partial charge in [-0.2, -0.15) is 11.8 Å². The number of hydrogen-bond acceptors (Lipinski definition) is 4. The number of nitrogens with one attached hydrogen (secondary N) is 1. The number of thiophene rings is 1. The van der Waals surface area contributed by atoms with E-state index in [1.54, 1.807) is 10.4 Å². The molecule has 0 spiro atoms. The van der Waals surface area contributed by atoms with Gasteiger partial charge in [0.05, 0.1) is 0 Å². The van der Waals surface area contributed by atoms with Gasteiger partial charge in [0, 0.05) is 39.9 Å². The zero-order chi connectivity index (χ0) is 13.8. The van der Waals surface area contributed by atoms with Gasteiger partial charge < -0.3 is 5.32 Å². The smallest absolute Gasteiger partial charge is 0.0470 e. The molecule has 3 heterocycles. The van der Waals surface area contributed by atoms with Gasteiger partial charge in [0.2, 0.25) is 0 Å². The number of aryl methyl sites for hydroxylation is 1. The van der Waals surface area contributed by atoms with Crippen LogP contribution in [-0.4, -0.2) is 17.3 Å². The molecule has 0 aliphatic carbocycles. The number of pyridine rings is 1. The maximum Gasteiger partial charge on any atom is 0.0470 e. The van der Waals surface area contributed by atoms with Crippen LogP contribution in [0.1, 0.15) is 34.0 Å². The minimum absolute atomic E-state index is 0.399. The molecule has 0 saturated carbocycles. The van der Waals surface area contributed by atoms with E-state index in [1.807, 2.05) is 23.6 Å². The van der Waals surface area contributed by atoms with Crippen molar-refractivity contribution in [2.24, 2.45) is 0 Å². The highest BCUT2D eigenvalue weighted by Crippen LogP contribution is 2.35. The van der Waals surface area contributed by atoms with Crippen molar-refractivity contribution in [3.8, 4) is 0 Å². The molecule has 20 heavy (non-hydrogen) atoms. The molecule has 1 unspecified atom stereocenters. The molecule has 2 aromatic rings. The van der Waals surface area contributed by atoms with Crippen molar-refractivity contribution < 1.29 is 0 Å². The Morgan fingerprint density at radius 1 is 1.40 bits per heavy atom. The number of thioether (sulfide) groups is 1. The number of hydrogen-bond donors (Lipinski definition) is 1. The molecule has 0 amide bonds. The van der Waals surface area contributed by atoms with E-state index >= 15 is 0 Å². The van der Waals surface area contributed by atoms with Crippen LogP contribution in [0.5, 0.6) is 0 Å². The second-order valence-corrected chi connectivity index (χ2v) is 7.31. The molecule has 1 atom stereocenters. The lowest BCUT2D eigenvalue weighted by atomic mass is 10.1. The molecule has 1 aliphatic heterocycles. The lowest BCUT2D eigenvalue weighted by molar-refractivity contribution is 0.552. The monoisotopic (exact) mass is 304 g/mol. The van der Waals surface area contributed by atoms with Crippen molar-refractivity contribution in [3.05, 3.63) is 51.5 Å². The van der Waals surface area contributed by atoms with Gasteiger partial charge in [-0.3, -0.25) is 4.98 Å². The summed E-state index contributed by atoms with van der Waals surface area (Å²) in [6, 6.07) is 8.99. The van der Waals surface area contributed by atoms with Gasteiger partial charge in [0.1, 0.15) is 0 Å². The normalized spacial score (nSPS) is 15.8. The molecule has 0 radical (unpaired) electrons. The Bertz CT molecular complexity index is 527. The predicted octanol–water partition coefficient (Wildman–Crippen LogP) is 3.83. The Labute approximate surface area is 129 Å². The fourth-order valence-corrected chi connectivity index (χ4v) is 5.04. The van der Waals surface area contributed by atoms with Crippen LogP contribution in [0, 0.1) is 0 Å². The van der Waals surface area contributed by atoms with Crippen molar-refractivity contribution in [1.29, 1.82) is 0 Å². The first-order chi connectivity index (χ1) is 9.86.